The Hall–Kier alpha value is -2.21. The maximum absolute atomic E-state index is 12.4. The minimum Gasteiger partial charge on any atom is -0.396 e. The summed E-state index contributed by atoms with van der Waals surface area (Å²) in [6, 6.07) is 0. The van der Waals surface area contributed by atoms with Crippen molar-refractivity contribution in [3.63, 3.8) is 0 Å². The van der Waals surface area contributed by atoms with E-state index in [0.29, 0.717) is 34.0 Å². The van der Waals surface area contributed by atoms with Crippen LogP contribution < -0.4 is 5.73 Å². The van der Waals surface area contributed by atoms with Gasteiger partial charge in [0, 0.05) is 25.5 Å². The normalized spacial score (nSPS) is 10.3. The van der Waals surface area contributed by atoms with Crippen molar-refractivity contribution >= 4 is 33.3 Å². The van der Waals surface area contributed by atoms with E-state index in [0.717, 1.165) is 0 Å². The third kappa shape index (κ3) is 2.48. The van der Waals surface area contributed by atoms with Crippen LogP contribution in [0.15, 0.2) is 37.7 Å². The lowest BCUT2D eigenvalue weighted by Crippen LogP contribution is -2.31. The van der Waals surface area contributed by atoms with E-state index in [4.69, 9.17) is 5.73 Å². The van der Waals surface area contributed by atoms with Crippen LogP contribution in [0.1, 0.15) is 9.67 Å². The standard InChI is InChI=1S/C13H14N4OS/c1-3-7-17(8-4-2)13(18)11-9(14)10-12(19-11)16-6-5-15-10/h3-6H,1-2,7-8,14H2. The van der Waals surface area contributed by atoms with Crippen molar-refractivity contribution in [1.29, 1.82) is 0 Å². The molecule has 0 radical (unpaired) electrons. The zero-order valence-electron chi connectivity index (χ0n) is 10.4. The molecule has 0 unspecified atom stereocenters. The summed E-state index contributed by atoms with van der Waals surface area (Å²) in [5.74, 6) is -0.151. The van der Waals surface area contributed by atoms with Gasteiger partial charge in [-0.1, -0.05) is 12.2 Å². The second-order valence-corrected chi connectivity index (χ2v) is 4.84. The van der Waals surface area contributed by atoms with Crippen molar-refractivity contribution < 1.29 is 4.79 Å². The molecule has 0 aliphatic heterocycles. The number of fused-ring (bicyclic) bond motifs is 1. The van der Waals surface area contributed by atoms with Gasteiger partial charge in [0.05, 0.1) is 5.69 Å². The SMILES string of the molecule is C=CCN(CC=C)C(=O)c1sc2nccnc2c1N. The maximum atomic E-state index is 12.4. The molecule has 5 nitrogen and oxygen atoms in total. The minimum absolute atomic E-state index is 0.151. The first-order chi connectivity index (χ1) is 9.19. The first-order valence-electron chi connectivity index (χ1n) is 5.69. The largest absolute Gasteiger partial charge is 0.396 e. The summed E-state index contributed by atoms with van der Waals surface area (Å²) in [4.78, 5) is 23.5. The van der Waals surface area contributed by atoms with Crippen molar-refractivity contribution in [2.24, 2.45) is 0 Å². The summed E-state index contributed by atoms with van der Waals surface area (Å²) in [6.45, 7) is 8.17. The van der Waals surface area contributed by atoms with E-state index in [1.54, 1.807) is 29.4 Å². The Labute approximate surface area is 115 Å². The number of thiophene rings is 1. The summed E-state index contributed by atoms with van der Waals surface area (Å²) < 4.78 is 0. The molecule has 2 rings (SSSR count). The number of nitrogens with zero attached hydrogens (tertiary/aromatic N) is 3. The Morgan fingerprint density at radius 3 is 2.53 bits per heavy atom. The van der Waals surface area contributed by atoms with E-state index in [-0.39, 0.29) is 5.91 Å². The summed E-state index contributed by atoms with van der Waals surface area (Å²) in [5.41, 5.74) is 6.94. The lowest BCUT2D eigenvalue weighted by atomic mass is 10.3. The van der Waals surface area contributed by atoms with Crippen molar-refractivity contribution in [1.82, 2.24) is 14.9 Å². The Morgan fingerprint density at radius 1 is 1.32 bits per heavy atom. The number of nitrogens with two attached hydrogens (primary N) is 1. The molecular formula is C13H14N4OS. The molecule has 0 atom stereocenters. The summed E-state index contributed by atoms with van der Waals surface area (Å²) in [5, 5.41) is 0. The molecule has 0 saturated heterocycles. The van der Waals surface area contributed by atoms with Gasteiger partial charge in [-0.3, -0.25) is 4.79 Å². The van der Waals surface area contributed by atoms with E-state index >= 15 is 0 Å². The molecule has 0 aliphatic rings. The Bertz CT molecular complexity index is 625. The Kier molecular flexibility index (Phi) is 3.91. The van der Waals surface area contributed by atoms with E-state index in [9.17, 15) is 4.79 Å². The van der Waals surface area contributed by atoms with Gasteiger partial charge in [0.1, 0.15) is 15.2 Å². The van der Waals surface area contributed by atoms with Crippen molar-refractivity contribution in [3.05, 3.63) is 42.6 Å². The van der Waals surface area contributed by atoms with Gasteiger partial charge in [0.2, 0.25) is 0 Å². The van der Waals surface area contributed by atoms with Crippen LogP contribution in [-0.4, -0.2) is 33.9 Å². The van der Waals surface area contributed by atoms with Crippen LogP contribution in [0.25, 0.3) is 10.3 Å². The second kappa shape index (κ2) is 5.62. The molecule has 0 bridgehead atoms. The molecule has 0 saturated carbocycles. The van der Waals surface area contributed by atoms with Crippen molar-refractivity contribution in [2.75, 3.05) is 18.8 Å². The molecule has 0 spiro atoms. The maximum Gasteiger partial charge on any atom is 0.266 e. The molecule has 98 valence electrons. The highest BCUT2D eigenvalue weighted by atomic mass is 32.1. The lowest BCUT2D eigenvalue weighted by molar-refractivity contribution is 0.0796. The van der Waals surface area contributed by atoms with E-state index < -0.39 is 0 Å². The lowest BCUT2D eigenvalue weighted by Gasteiger charge is -2.18. The number of carbonyl (C=O) groups excluding carboxylic acids is 1. The van der Waals surface area contributed by atoms with Gasteiger partial charge in [-0.15, -0.1) is 24.5 Å². The zero-order chi connectivity index (χ0) is 13.8. The molecule has 2 aromatic heterocycles. The number of amides is 1. The molecule has 0 aromatic carbocycles. The fraction of sp³-hybridized carbons (Fsp3) is 0.154. The van der Waals surface area contributed by atoms with E-state index in [2.05, 4.69) is 23.1 Å². The minimum atomic E-state index is -0.151. The number of hydrogen-bond acceptors (Lipinski definition) is 5. The van der Waals surface area contributed by atoms with E-state index in [1.165, 1.54) is 11.3 Å². The average Bonchev–Trinajstić information content (AvgIpc) is 2.76. The van der Waals surface area contributed by atoms with Crippen molar-refractivity contribution in [3.8, 4) is 0 Å². The molecule has 2 aromatic rings. The summed E-state index contributed by atoms with van der Waals surface area (Å²) in [7, 11) is 0. The van der Waals surface area contributed by atoms with Crippen molar-refractivity contribution in [2.45, 2.75) is 0 Å². The van der Waals surface area contributed by atoms with Gasteiger partial charge in [-0.05, 0) is 0 Å². The molecule has 19 heavy (non-hydrogen) atoms. The van der Waals surface area contributed by atoms with Gasteiger partial charge >= 0.3 is 0 Å². The molecule has 2 heterocycles. The molecule has 1 amide bonds. The smallest absolute Gasteiger partial charge is 0.266 e. The Morgan fingerprint density at radius 2 is 1.95 bits per heavy atom. The van der Waals surface area contributed by atoms with E-state index in [1.807, 2.05) is 0 Å². The summed E-state index contributed by atoms with van der Waals surface area (Å²) in [6.07, 6.45) is 6.48. The van der Waals surface area contributed by atoms with Gasteiger partial charge in [0.25, 0.3) is 5.91 Å². The highest BCUT2D eigenvalue weighted by molar-refractivity contribution is 7.21. The predicted molar refractivity (Wildman–Crippen MR) is 78.1 cm³/mol. The molecule has 0 aliphatic carbocycles. The number of rotatable bonds is 5. The molecular weight excluding hydrogens is 260 g/mol. The molecule has 6 heteroatoms. The monoisotopic (exact) mass is 274 g/mol. The van der Waals surface area contributed by atoms with Crippen LogP contribution in [0.3, 0.4) is 0 Å². The Balaban J connectivity index is 2.42. The highest BCUT2D eigenvalue weighted by Crippen LogP contribution is 2.31. The zero-order valence-corrected chi connectivity index (χ0v) is 11.2. The quantitative estimate of drug-likeness (QED) is 0.847. The van der Waals surface area contributed by atoms with Crippen LogP contribution in [0.5, 0.6) is 0 Å². The highest BCUT2D eigenvalue weighted by Gasteiger charge is 2.21. The molecule has 0 fully saturated rings. The fourth-order valence-electron chi connectivity index (χ4n) is 1.70. The number of hydrogen-bond donors (Lipinski definition) is 1. The number of carbonyl (C=O) groups is 1. The first kappa shape index (κ1) is 13.2. The number of nitrogen functional groups attached to an aromatic ring is 1. The van der Waals surface area contributed by atoms with Crippen LogP contribution in [-0.2, 0) is 0 Å². The summed E-state index contributed by atoms with van der Waals surface area (Å²) >= 11 is 1.25. The number of aromatic nitrogens is 2. The van der Waals surface area contributed by atoms with Gasteiger partial charge in [-0.25, -0.2) is 9.97 Å². The van der Waals surface area contributed by atoms with Crippen LogP contribution in [0, 0.1) is 0 Å². The van der Waals surface area contributed by atoms with Gasteiger partial charge in [0.15, 0.2) is 0 Å². The van der Waals surface area contributed by atoms with Gasteiger partial charge in [-0.2, -0.15) is 0 Å². The second-order valence-electron chi connectivity index (χ2n) is 3.84. The predicted octanol–water partition coefficient (Wildman–Crippen LogP) is 2.09. The molecule has 2 N–H and O–H groups in total. The average molecular weight is 274 g/mol. The van der Waals surface area contributed by atoms with Crippen LogP contribution in [0.2, 0.25) is 0 Å². The topological polar surface area (TPSA) is 72.1 Å². The number of anilines is 1. The van der Waals surface area contributed by atoms with Gasteiger partial charge < -0.3 is 10.6 Å². The van der Waals surface area contributed by atoms with Crippen LogP contribution in [0.4, 0.5) is 5.69 Å². The first-order valence-corrected chi connectivity index (χ1v) is 6.50. The van der Waals surface area contributed by atoms with Crippen LogP contribution >= 0.6 is 11.3 Å². The third-order valence-corrected chi connectivity index (χ3v) is 3.63. The fourth-order valence-corrected chi connectivity index (χ4v) is 2.69. The third-order valence-electron chi connectivity index (χ3n) is 2.54.